The summed E-state index contributed by atoms with van der Waals surface area (Å²) in [5, 5.41) is 13.7. The standard InChI is InChI=1S/C18H36N2O/c1-15-7-9-18(10-8-15,13-19-17(2,3)4)14-20-11-5-6-16(21)12-20/h15-16,19,21H,5-14H2,1-4H3. The number of aliphatic hydroxyl groups excluding tert-OH is 1. The summed E-state index contributed by atoms with van der Waals surface area (Å²) in [6.07, 6.45) is 7.44. The molecule has 0 bridgehead atoms. The molecule has 1 unspecified atom stereocenters. The third-order valence-electron chi connectivity index (χ3n) is 5.37. The van der Waals surface area contributed by atoms with E-state index in [1.165, 1.54) is 38.8 Å². The Hall–Kier alpha value is -0.120. The van der Waals surface area contributed by atoms with Crippen molar-refractivity contribution in [3.8, 4) is 0 Å². The van der Waals surface area contributed by atoms with Crippen LogP contribution in [0.25, 0.3) is 0 Å². The molecule has 1 saturated carbocycles. The van der Waals surface area contributed by atoms with Gasteiger partial charge in [-0.25, -0.2) is 0 Å². The quantitative estimate of drug-likeness (QED) is 0.837. The van der Waals surface area contributed by atoms with Crippen molar-refractivity contribution < 1.29 is 5.11 Å². The van der Waals surface area contributed by atoms with Crippen LogP contribution in [0.1, 0.15) is 66.2 Å². The largest absolute Gasteiger partial charge is 0.392 e. The molecule has 21 heavy (non-hydrogen) atoms. The van der Waals surface area contributed by atoms with Crippen molar-refractivity contribution in [3.63, 3.8) is 0 Å². The average Bonchev–Trinajstić information content (AvgIpc) is 2.39. The highest BCUT2D eigenvalue weighted by Gasteiger charge is 2.37. The summed E-state index contributed by atoms with van der Waals surface area (Å²) in [7, 11) is 0. The van der Waals surface area contributed by atoms with E-state index in [1.54, 1.807) is 0 Å². The summed E-state index contributed by atoms with van der Waals surface area (Å²) < 4.78 is 0. The second-order valence-electron chi connectivity index (χ2n) is 8.82. The molecule has 0 amide bonds. The molecule has 2 N–H and O–H groups in total. The van der Waals surface area contributed by atoms with E-state index in [9.17, 15) is 5.11 Å². The predicted octanol–water partition coefficient (Wildman–Crippen LogP) is 3.03. The van der Waals surface area contributed by atoms with Crippen molar-refractivity contribution >= 4 is 0 Å². The lowest BCUT2D eigenvalue weighted by molar-refractivity contribution is 0.0235. The molecule has 1 saturated heterocycles. The molecule has 1 aliphatic carbocycles. The van der Waals surface area contributed by atoms with Crippen LogP contribution in [0, 0.1) is 11.3 Å². The number of likely N-dealkylation sites (tertiary alicyclic amines) is 1. The SMILES string of the molecule is CC1CCC(CNC(C)(C)C)(CN2CCCC(O)C2)CC1. The third-order valence-corrected chi connectivity index (χ3v) is 5.37. The molecule has 3 nitrogen and oxygen atoms in total. The summed E-state index contributed by atoms with van der Waals surface area (Å²) in [5.74, 6) is 0.889. The maximum absolute atomic E-state index is 9.94. The van der Waals surface area contributed by atoms with Gasteiger partial charge in [0.15, 0.2) is 0 Å². The Morgan fingerprint density at radius 3 is 2.43 bits per heavy atom. The van der Waals surface area contributed by atoms with Gasteiger partial charge in [0, 0.05) is 25.2 Å². The average molecular weight is 296 g/mol. The van der Waals surface area contributed by atoms with Gasteiger partial charge in [-0.1, -0.05) is 19.8 Å². The van der Waals surface area contributed by atoms with E-state index in [4.69, 9.17) is 0 Å². The number of β-amino-alcohol motifs (C(OH)–C–C–N with tert-alkyl or cyclic N) is 1. The second-order valence-corrected chi connectivity index (χ2v) is 8.82. The van der Waals surface area contributed by atoms with Crippen LogP contribution in [0.2, 0.25) is 0 Å². The Kier molecular flexibility index (Phi) is 5.72. The molecule has 124 valence electrons. The third kappa shape index (κ3) is 5.54. The van der Waals surface area contributed by atoms with Crippen molar-refractivity contribution in [1.29, 1.82) is 0 Å². The molecule has 1 aliphatic heterocycles. The molecule has 0 spiro atoms. The van der Waals surface area contributed by atoms with Gasteiger partial charge in [-0.15, -0.1) is 0 Å². The molecule has 3 heteroatoms. The normalized spacial score (nSPS) is 35.9. The molecule has 0 radical (unpaired) electrons. The molecule has 0 aromatic rings. The van der Waals surface area contributed by atoms with Gasteiger partial charge in [0.25, 0.3) is 0 Å². The van der Waals surface area contributed by atoms with Crippen LogP contribution in [-0.4, -0.2) is 47.8 Å². The molecule has 1 heterocycles. The molecule has 1 atom stereocenters. The number of aliphatic hydroxyl groups is 1. The van der Waals surface area contributed by atoms with E-state index in [1.807, 2.05) is 0 Å². The van der Waals surface area contributed by atoms with Crippen molar-refractivity contribution in [2.24, 2.45) is 11.3 Å². The number of piperidine rings is 1. The highest BCUT2D eigenvalue weighted by molar-refractivity contribution is 4.92. The van der Waals surface area contributed by atoms with Gasteiger partial charge in [-0.05, 0) is 64.3 Å². The van der Waals surface area contributed by atoms with E-state index >= 15 is 0 Å². The smallest absolute Gasteiger partial charge is 0.0667 e. The fourth-order valence-corrected chi connectivity index (χ4v) is 3.87. The summed E-state index contributed by atoms with van der Waals surface area (Å²) in [4.78, 5) is 2.52. The van der Waals surface area contributed by atoms with Gasteiger partial charge < -0.3 is 15.3 Å². The van der Waals surface area contributed by atoms with Crippen LogP contribution in [0.3, 0.4) is 0 Å². The minimum atomic E-state index is -0.103. The van der Waals surface area contributed by atoms with Crippen molar-refractivity contribution in [1.82, 2.24) is 10.2 Å². The summed E-state index contributed by atoms with van der Waals surface area (Å²) in [6.45, 7) is 13.5. The number of hydrogen-bond donors (Lipinski definition) is 2. The Labute approximate surface area is 131 Å². The van der Waals surface area contributed by atoms with Gasteiger partial charge in [0.1, 0.15) is 0 Å². The van der Waals surface area contributed by atoms with Crippen LogP contribution in [0.4, 0.5) is 0 Å². The maximum atomic E-state index is 9.94. The fraction of sp³-hybridized carbons (Fsp3) is 1.00. The van der Waals surface area contributed by atoms with E-state index in [2.05, 4.69) is 37.9 Å². The summed E-state index contributed by atoms with van der Waals surface area (Å²) in [5.41, 5.74) is 0.605. The minimum Gasteiger partial charge on any atom is -0.392 e. The van der Waals surface area contributed by atoms with Gasteiger partial charge in [0.05, 0.1) is 6.10 Å². The van der Waals surface area contributed by atoms with Crippen LogP contribution < -0.4 is 5.32 Å². The zero-order valence-electron chi connectivity index (χ0n) is 14.6. The van der Waals surface area contributed by atoms with Gasteiger partial charge in [0.2, 0.25) is 0 Å². The van der Waals surface area contributed by atoms with Crippen LogP contribution >= 0.6 is 0 Å². The number of nitrogens with one attached hydrogen (secondary N) is 1. The fourth-order valence-electron chi connectivity index (χ4n) is 3.87. The predicted molar refractivity (Wildman–Crippen MR) is 89.5 cm³/mol. The van der Waals surface area contributed by atoms with Crippen molar-refractivity contribution in [2.45, 2.75) is 77.9 Å². The van der Waals surface area contributed by atoms with E-state index in [0.717, 1.165) is 31.8 Å². The molecule has 2 fully saturated rings. The number of hydrogen-bond acceptors (Lipinski definition) is 3. The van der Waals surface area contributed by atoms with Gasteiger partial charge in [-0.2, -0.15) is 0 Å². The van der Waals surface area contributed by atoms with Gasteiger partial charge >= 0.3 is 0 Å². The minimum absolute atomic E-state index is 0.103. The number of nitrogens with zero attached hydrogens (tertiary/aromatic N) is 1. The Morgan fingerprint density at radius 2 is 1.86 bits per heavy atom. The zero-order valence-corrected chi connectivity index (χ0v) is 14.6. The first-order valence-electron chi connectivity index (χ1n) is 8.93. The van der Waals surface area contributed by atoms with Crippen molar-refractivity contribution in [2.75, 3.05) is 26.2 Å². The first-order chi connectivity index (χ1) is 9.78. The lowest BCUT2D eigenvalue weighted by Gasteiger charge is -2.45. The monoisotopic (exact) mass is 296 g/mol. The lowest BCUT2D eigenvalue weighted by Crippen LogP contribution is -2.52. The highest BCUT2D eigenvalue weighted by Crippen LogP contribution is 2.40. The highest BCUT2D eigenvalue weighted by atomic mass is 16.3. The summed E-state index contributed by atoms with van der Waals surface area (Å²) >= 11 is 0. The second kappa shape index (κ2) is 6.97. The van der Waals surface area contributed by atoms with E-state index < -0.39 is 0 Å². The topological polar surface area (TPSA) is 35.5 Å². The molecular formula is C18H36N2O. The Balaban J connectivity index is 1.97. The zero-order chi connectivity index (χ0) is 15.5. The molecule has 2 rings (SSSR count). The summed E-state index contributed by atoms with van der Waals surface area (Å²) in [6, 6.07) is 0. The lowest BCUT2D eigenvalue weighted by atomic mass is 9.70. The van der Waals surface area contributed by atoms with E-state index in [0.29, 0.717) is 5.41 Å². The Bertz CT molecular complexity index is 316. The van der Waals surface area contributed by atoms with Crippen molar-refractivity contribution in [3.05, 3.63) is 0 Å². The van der Waals surface area contributed by atoms with Crippen LogP contribution in [-0.2, 0) is 0 Å². The molecule has 2 aliphatic rings. The molecule has 0 aromatic carbocycles. The maximum Gasteiger partial charge on any atom is 0.0667 e. The van der Waals surface area contributed by atoms with Crippen LogP contribution in [0.5, 0.6) is 0 Å². The van der Waals surface area contributed by atoms with E-state index in [-0.39, 0.29) is 11.6 Å². The van der Waals surface area contributed by atoms with Gasteiger partial charge in [-0.3, -0.25) is 0 Å². The molecule has 0 aromatic heterocycles. The number of rotatable bonds is 4. The first kappa shape index (κ1) is 17.2. The van der Waals surface area contributed by atoms with Crippen LogP contribution in [0.15, 0.2) is 0 Å². The molecular weight excluding hydrogens is 260 g/mol. The Morgan fingerprint density at radius 1 is 1.19 bits per heavy atom. The first-order valence-corrected chi connectivity index (χ1v) is 8.93.